The van der Waals surface area contributed by atoms with Gasteiger partial charge in [0.15, 0.2) is 6.73 Å². The number of hydrogen-bond donors (Lipinski definition) is 1. The van der Waals surface area contributed by atoms with Crippen molar-refractivity contribution in [3.8, 4) is 0 Å². The lowest BCUT2D eigenvalue weighted by Crippen LogP contribution is -2.05. The van der Waals surface area contributed by atoms with Crippen LogP contribution in [0.5, 0.6) is 0 Å². The zero-order chi connectivity index (χ0) is 8.69. The number of ether oxygens (including phenoxy) is 1. The molecule has 0 fully saturated rings. The molecule has 2 nitrogen and oxygen atoms in total. The first kappa shape index (κ1) is 9.82. The number of rotatable bonds is 2. The van der Waals surface area contributed by atoms with Crippen LogP contribution in [0, 0.1) is 0 Å². The van der Waals surface area contributed by atoms with Crippen LogP contribution in [0.4, 0.5) is 0 Å². The molecule has 0 amide bonds. The van der Waals surface area contributed by atoms with Gasteiger partial charge < -0.3 is 10.1 Å². The Hall–Kier alpha value is -1.18. The lowest BCUT2D eigenvalue weighted by molar-refractivity contribution is 0.244. The van der Waals surface area contributed by atoms with Gasteiger partial charge in [-0.25, -0.2) is 0 Å². The van der Waals surface area contributed by atoms with E-state index in [1.54, 1.807) is 12.2 Å². The molecule has 0 aromatic carbocycles. The van der Waals surface area contributed by atoms with Crippen LogP contribution in [0.2, 0.25) is 0 Å². The predicted molar refractivity (Wildman–Crippen MR) is 47.9 cm³/mol. The van der Waals surface area contributed by atoms with Gasteiger partial charge in [-0.3, -0.25) is 0 Å². The molecule has 11 heavy (non-hydrogen) atoms. The van der Waals surface area contributed by atoms with Gasteiger partial charge in [0, 0.05) is 0 Å². The molecule has 0 unspecified atom stereocenters. The largest absolute Gasteiger partial charge is 0.471 e. The van der Waals surface area contributed by atoms with Crippen molar-refractivity contribution >= 4 is 0 Å². The fourth-order valence-electron chi connectivity index (χ4n) is 0.698. The van der Waals surface area contributed by atoms with Crippen LogP contribution in [0.25, 0.3) is 0 Å². The molecular weight excluding hydrogens is 138 g/mol. The van der Waals surface area contributed by atoms with Gasteiger partial charge in [-0.05, 0) is 12.2 Å². The Bertz CT molecular complexity index is 152. The third-order valence-corrected chi connectivity index (χ3v) is 1.15. The van der Waals surface area contributed by atoms with Crippen molar-refractivity contribution < 1.29 is 4.74 Å². The molecule has 2 heteroatoms. The topological polar surface area (TPSA) is 21.3 Å². The lowest BCUT2D eigenvalue weighted by Gasteiger charge is -1.90. The highest BCUT2D eigenvalue weighted by molar-refractivity contribution is 5.27. The molecule has 1 N–H and O–H groups in total. The van der Waals surface area contributed by atoms with E-state index in [2.05, 4.69) is 18.5 Å². The minimum atomic E-state index is 0.530. The van der Waals surface area contributed by atoms with Gasteiger partial charge in [-0.15, -0.1) is 0 Å². The van der Waals surface area contributed by atoms with Crippen LogP contribution in [-0.2, 0) is 4.74 Å². The molecule has 1 rings (SSSR count). The van der Waals surface area contributed by atoms with Crippen LogP contribution >= 0.6 is 0 Å². The third-order valence-electron chi connectivity index (χ3n) is 1.15. The number of hydrogen-bond acceptors (Lipinski definition) is 2. The van der Waals surface area contributed by atoms with Gasteiger partial charge in [0.25, 0.3) is 0 Å². The van der Waals surface area contributed by atoms with Crippen LogP contribution in [-0.4, -0.2) is 6.73 Å². The summed E-state index contributed by atoms with van der Waals surface area (Å²) in [6, 6.07) is 0. The summed E-state index contributed by atoms with van der Waals surface area (Å²) >= 11 is 0. The molecule has 1 aliphatic heterocycles. The van der Waals surface area contributed by atoms with Crippen LogP contribution in [0.15, 0.2) is 36.8 Å². The van der Waals surface area contributed by atoms with Crippen molar-refractivity contribution in [3.63, 3.8) is 0 Å². The van der Waals surface area contributed by atoms with E-state index in [-0.39, 0.29) is 0 Å². The van der Waals surface area contributed by atoms with Gasteiger partial charge >= 0.3 is 0 Å². The number of allylic oxidation sites excluding steroid dienone is 2. The molecule has 0 saturated carbocycles. The van der Waals surface area contributed by atoms with Crippen LogP contribution < -0.4 is 5.32 Å². The molecule has 0 aromatic rings. The van der Waals surface area contributed by atoms with E-state index in [0.29, 0.717) is 6.73 Å². The van der Waals surface area contributed by atoms with E-state index in [4.69, 9.17) is 4.74 Å². The average Bonchev–Trinajstić information content (AvgIpc) is 2.54. The Balaban J connectivity index is 0.000000461. The molecule has 0 aromatic heterocycles. The van der Waals surface area contributed by atoms with Gasteiger partial charge in [0.2, 0.25) is 0 Å². The van der Waals surface area contributed by atoms with E-state index in [0.717, 1.165) is 11.5 Å². The van der Waals surface area contributed by atoms with Crippen molar-refractivity contribution in [2.75, 3.05) is 6.73 Å². The molecule has 0 bridgehead atoms. The third kappa shape index (κ3) is 2.50. The first-order valence-corrected chi connectivity index (χ1v) is 3.74. The summed E-state index contributed by atoms with van der Waals surface area (Å²) < 4.78 is 5.08. The highest BCUT2D eigenvalue weighted by atomic mass is 16.5. The summed E-state index contributed by atoms with van der Waals surface area (Å²) in [6.45, 7) is 11.7. The van der Waals surface area contributed by atoms with Crippen molar-refractivity contribution in [2.45, 2.75) is 13.8 Å². The van der Waals surface area contributed by atoms with Gasteiger partial charge in [0.1, 0.15) is 5.76 Å². The first-order valence-electron chi connectivity index (χ1n) is 3.74. The zero-order valence-electron chi connectivity index (χ0n) is 7.18. The highest BCUT2D eigenvalue weighted by Crippen LogP contribution is 2.10. The zero-order valence-corrected chi connectivity index (χ0v) is 7.18. The Labute approximate surface area is 68.3 Å². The molecule has 0 aliphatic carbocycles. The number of nitrogens with one attached hydrogen (secondary N) is 1. The minimum absolute atomic E-state index is 0.530. The Morgan fingerprint density at radius 2 is 2.00 bits per heavy atom. The highest BCUT2D eigenvalue weighted by Gasteiger charge is 2.06. The van der Waals surface area contributed by atoms with E-state index >= 15 is 0 Å². The molecule has 1 heterocycles. The van der Waals surface area contributed by atoms with Gasteiger partial charge in [-0.1, -0.05) is 27.0 Å². The first-order chi connectivity index (χ1) is 5.38. The van der Waals surface area contributed by atoms with Crippen molar-refractivity contribution in [3.05, 3.63) is 36.8 Å². The average molecular weight is 153 g/mol. The van der Waals surface area contributed by atoms with Crippen LogP contribution in [0.3, 0.4) is 0 Å². The maximum absolute atomic E-state index is 5.08. The lowest BCUT2D eigenvalue weighted by atomic mass is 10.3. The van der Waals surface area contributed by atoms with Gasteiger partial charge in [0.05, 0.1) is 5.70 Å². The Kier molecular flexibility index (Phi) is 4.99. The fraction of sp³-hybridized carbons (Fsp3) is 0.333. The molecule has 62 valence electrons. The summed E-state index contributed by atoms with van der Waals surface area (Å²) in [7, 11) is 0. The van der Waals surface area contributed by atoms with Crippen LogP contribution in [0.1, 0.15) is 13.8 Å². The fourth-order valence-corrected chi connectivity index (χ4v) is 0.698. The quantitative estimate of drug-likeness (QED) is 0.656. The standard InChI is InChI=1S/C7H9NO.C2H6/c1-3-6-7(4-2)9-5-8-6;1-2/h3-4,8H,1-2,5H2;1-2H3. The van der Waals surface area contributed by atoms with E-state index in [1.165, 1.54) is 0 Å². The molecule has 1 aliphatic rings. The maximum atomic E-state index is 5.08. The summed E-state index contributed by atoms with van der Waals surface area (Å²) in [5.74, 6) is 0.782. The molecule has 0 radical (unpaired) electrons. The summed E-state index contributed by atoms with van der Waals surface area (Å²) in [6.07, 6.45) is 3.38. The van der Waals surface area contributed by atoms with E-state index in [9.17, 15) is 0 Å². The maximum Gasteiger partial charge on any atom is 0.159 e. The van der Waals surface area contributed by atoms with E-state index in [1.807, 2.05) is 13.8 Å². The summed E-state index contributed by atoms with van der Waals surface area (Å²) in [5.41, 5.74) is 0.921. The minimum Gasteiger partial charge on any atom is -0.471 e. The predicted octanol–water partition coefficient (Wildman–Crippen LogP) is 2.17. The molecule has 0 spiro atoms. The second-order valence-corrected chi connectivity index (χ2v) is 1.65. The second kappa shape index (κ2) is 5.59. The molecule has 0 atom stereocenters. The smallest absolute Gasteiger partial charge is 0.159 e. The SMILES string of the molecule is C=CC1=C(C=C)OCN1.CC. The van der Waals surface area contributed by atoms with Crippen molar-refractivity contribution in [1.29, 1.82) is 0 Å². The molecular formula is C9H15NO. The second-order valence-electron chi connectivity index (χ2n) is 1.65. The Morgan fingerprint density at radius 1 is 1.36 bits per heavy atom. The monoisotopic (exact) mass is 153 g/mol. The van der Waals surface area contributed by atoms with Crippen molar-refractivity contribution in [2.24, 2.45) is 0 Å². The normalized spacial score (nSPS) is 14.0. The van der Waals surface area contributed by atoms with E-state index < -0.39 is 0 Å². The Morgan fingerprint density at radius 3 is 2.36 bits per heavy atom. The molecule has 0 saturated heterocycles. The summed E-state index contributed by atoms with van der Waals surface area (Å²) in [5, 5.41) is 2.98. The summed E-state index contributed by atoms with van der Waals surface area (Å²) in [4.78, 5) is 0. The van der Waals surface area contributed by atoms with Gasteiger partial charge in [-0.2, -0.15) is 0 Å². The van der Waals surface area contributed by atoms with Crippen molar-refractivity contribution in [1.82, 2.24) is 5.32 Å².